The molecule has 2 aromatic carbocycles. The number of halogens is 5. The van der Waals surface area contributed by atoms with Gasteiger partial charge in [0.05, 0.1) is 44.9 Å². The fourth-order valence-corrected chi connectivity index (χ4v) is 7.35. The van der Waals surface area contributed by atoms with Crippen LogP contribution in [-0.4, -0.2) is 62.9 Å². The maximum Gasteiger partial charge on any atom is 0.416 e. The molecule has 0 radical (unpaired) electrons. The normalized spacial score (nSPS) is 17.0. The smallest absolute Gasteiger partial charge is 0.305 e. The number of hydrogen-bond acceptors (Lipinski definition) is 7. The van der Waals surface area contributed by atoms with Crippen molar-refractivity contribution in [3.05, 3.63) is 71.8 Å². The van der Waals surface area contributed by atoms with Crippen LogP contribution < -0.4 is 16.0 Å². The van der Waals surface area contributed by atoms with E-state index in [0.29, 0.717) is 36.6 Å². The third kappa shape index (κ3) is 7.63. The van der Waals surface area contributed by atoms with Crippen LogP contribution in [0.2, 0.25) is 10.0 Å². The van der Waals surface area contributed by atoms with Crippen LogP contribution in [0.5, 0.6) is 0 Å². The van der Waals surface area contributed by atoms with Gasteiger partial charge in [0.25, 0.3) is 5.56 Å². The van der Waals surface area contributed by atoms with Crippen molar-refractivity contribution in [2.24, 2.45) is 5.92 Å². The molecule has 17 heteroatoms. The van der Waals surface area contributed by atoms with Gasteiger partial charge in [0.1, 0.15) is 0 Å². The van der Waals surface area contributed by atoms with Gasteiger partial charge in [-0.3, -0.25) is 14.3 Å². The number of nitrogens with zero attached hydrogens (tertiary/aromatic N) is 2. The largest absolute Gasteiger partial charge is 0.416 e. The molecule has 0 saturated carbocycles. The highest BCUT2D eigenvalue weighted by Gasteiger charge is 2.37. The van der Waals surface area contributed by atoms with Crippen LogP contribution in [-0.2, 0) is 39.1 Å². The fraction of sp³-hybridized carbons (Fsp3) is 0.462. The van der Waals surface area contributed by atoms with Crippen LogP contribution in [0.1, 0.15) is 36.5 Å². The molecule has 1 atom stereocenters. The quantitative estimate of drug-likeness (QED) is 0.351. The standard InChI is InChI=1S/C26H29Cl2F3N4O6S2/c1-3-43(40,41)21-7-6-17(27)9-16(21)13-35-24(36)18-10-20(26(29,30)31)19(22(28)23(18)33-25(35)37)14-34-8-4-5-15(12-34)11-32-42(2,38)39/h6-7,9-10,15,32H,3-5,8,11-14H2,1-2H3,(H,33,37)/t15-/m0/s1. The molecule has 1 aliphatic rings. The van der Waals surface area contributed by atoms with E-state index in [1.807, 2.05) is 0 Å². The molecule has 1 fully saturated rings. The fourth-order valence-electron chi connectivity index (χ4n) is 5.20. The molecule has 2 N–H and O–H groups in total. The molecule has 1 saturated heterocycles. The van der Waals surface area contributed by atoms with Gasteiger partial charge in [-0.25, -0.2) is 26.4 Å². The lowest BCUT2D eigenvalue weighted by molar-refractivity contribution is -0.138. The minimum absolute atomic E-state index is 0.0186. The molecule has 3 aromatic rings. The molecule has 2 heterocycles. The van der Waals surface area contributed by atoms with Gasteiger partial charge in [-0.15, -0.1) is 0 Å². The Morgan fingerprint density at radius 3 is 2.42 bits per heavy atom. The van der Waals surface area contributed by atoms with Gasteiger partial charge in [0.2, 0.25) is 10.0 Å². The Kier molecular flexibility index (Phi) is 9.74. The number of likely N-dealkylation sites (tertiary alicyclic amines) is 1. The van der Waals surface area contributed by atoms with E-state index in [1.54, 1.807) is 4.90 Å². The maximum absolute atomic E-state index is 14.3. The summed E-state index contributed by atoms with van der Waals surface area (Å²) in [5.41, 5.74) is -3.86. The lowest BCUT2D eigenvalue weighted by Gasteiger charge is -2.33. The molecule has 0 bridgehead atoms. The summed E-state index contributed by atoms with van der Waals surface area (Å²) in [5, 5.41) is -0.814. The molecule has 0 spiro atoms. The Morgan fingerprint density at radius 2 is 1.79 bits per heavy atom. The third-order valence-electron chi connectivity index (χ3n) is 7.31. The van der Waals surface area contributed by atoms with Crippen molar-refractivity contribution in [1.82, 2.24) is 19.2 Å². The second kappa shape index (κ2) is 12.5. The molecule has 1 aliphatic heterocycles. The van der Waals surface area contributed by atoms with Gasteiger partial charge in [0.15, 0.2) is 9.84 Å². The van der Waals surface area contributed by atoms with Crippen LogP contribution in [0, 0.1) is 5.92 Å². The zero-order valence-corrected chi connectivity index (χ0v) is 26.2. The number of fused-ring (bicyclic) bond motifs is 1. The van der Waals surface area contributed by atoms with Crippen molar-refractivity contribution < 1.29 is 30.0 Å². The summed E-state index contributed by atoms with van der Waals surface area (Å²) in [6, 6.07) is 4.49. The molecule has 43 heavy (non-hydrogen) atoms. The van der Waals surface area contributed by atoms with Crippen LogP contribution in [0.25, 0.3) is 10.9 Å². The van der Waals surface area contributed by atoms with Gasteiger partial charge < -0.3 is 4.98 Å². The third-order valence-corrected chi connectivity index (χ3v) is 10.5. The first kappa shape index (κ1) is 33.5. The van der Waals surface area contributed by atoms with Crippen molar-refractivity contribution in [1.29, 1.82) is 0 Å². The zero-order valence-electron chi connectivity index (χ0n) is 23.1. The number of sulfonamides is 1. The molecule has 4 rings (SSSR count). The molecule has 10 nitrogen and oxygen atoms in total. The predicted molar refractivity (Wildman–Crippen MR) is 158 cm³/mol. The highest BCUT2D eigenvalue weighted by atomic mass is 35.5. The maximum atomic E-state index is 14.3. The second-order valence-electron chi connectivity index (χ2n) is 10.5. The Morgan fingerprint density at radius 1 is 1.09 bits per heavy atom. The number of aromatic amines is 1. The predicted octanol–water partition coefficient (Wildman–Crippen LogP) is 3.62. The van der Waals surface area contributed by atoms with Gasteiger partial charge >= 0.3 is 11.9 Å². The van der Waals surface area contributed by atoms with E-state index in [0.717, 1.165) is 6.26 Å². The number of alkyl halides is 3. The number of piperidine rings is 1. The van der Waals surface area contributed by atoms with Crippen LogP contribution in [0.4, 0.5) is 13.2 Å². The van der Waals surface area contributed by atoms with Gasteiger partial charge in [-0.2, -0.15) is 13.2 Å². The summed E-state index contributed by atoms with van der Waals surface area (Å²) < 4.78 is 94.3. The molecule has 1 aromatic heterocycles. The Balaban J connectivity index is 1.79. The zero-order chi connectivity index (χ0) is 31.9. The van der Waals surface area contributed by atoms with Crippen molar-refractivity contribution >= 4 is 54.0 Å². The van der Waals surface area contributed by atoms with E-state index in [-0.39, 0.29) is 51.3 Å². The highest BCUT2D eigenvalue weighted by molar-refractivity contribution is 7.91. The van der Waals surface area contributed by atoms with Crippen molar-refractivity contribution in [3.8, 4) is 0 Å². The minimum atomic E-state index is -4.91. The van der Waals surface area contributed by atoms with E-state index in [4.69, 9.17) is 23.2 Å². The summed E-state index contributed by atoms with van der Waals surface area (Å²) in [7, 11) is -7.24. The first-order valence-electron chi connectivity index (χ1n) is 13.1. The molecular formula is C26H29Cl2F3N4O6S2. The van der Waals surface area contributed by atoms with Crippen molar-refractivity contribution in [2.45, 2.75) is 43.9 Å². The second-order valence-corrected chi connectivity index (χ2v) is 15.4. The van der Waals surface area contributed by atoms with Crippen LogP contribution >= 0.6 is 23.2 Å². The van der Waals surface area contributed by atoms with E-state index >= 15 is 0 Å². The van der Waals surface area contributed by atoms with Crippen LogP contribution in [0.15, 0.2) is 38.8 Å². The number of sulfone groups is 1. The number of rotatable bonds is 9. The summed E-state index contributed by atoms with van der Waals surface area (Å²) in [6.07, 6.45) is -2.60. The molecule has 236 valence electrons. The highest BCUT2D eigenvalue weighted by Crippen LogP contribution is 2.39. The Labute approximate surface area is 255 Å². The van der Waals surface area contributed by atoms with E-state index in [9.17, 15) is 39.6 Å². The first-order valence-corrected chi connectivity index (χ1v) is 17.4. The lowest BCUT2D eigenvalue weighted by atomic mass is 9.96. The summed E-state index contributed by atoms with van der Waals surface area (Å²) in [6.45, 7) is 1.45. The van der Waals surface area contributed by atoms with Gasteiger partial charge in [0, 0.05) is 24.7 Å². The molecule has 0 unspecified atom stereocenters. The van der Waals surface area contributed by atoms with E-state index in [2.05, 4.69) is 9.71 Å². The average Bonchev–Trinajstić information content (AvgIpc) is 2.91. The number of hydrogen-bond donors (Lipinski definition) is 2. The SMILES string of the molecule is CCS(=O)(=O)c1ccc(Cl)cc1Cn1c(=O)[nH]c2c(Cl)c(CN3CCC[C@@H](CNS(C)(=O)=O)C3)c(C(F)(F)F)cc2c1=O. The first-order chi connectivity index (χ1) is 19.9. The minimum Gasteiger partial charge on any atom is -0.305 e. The molecule has 0 aliphatic carbocycles. The summed E-state index contributed by atoms with van der Waals surface area (Å²) in [5.74, 6) is -0.416. The van der Waals surface area contributed by atoms with E-state index < -0.39 is 59.8 Å². The average molecular weight is 686 g/mol. The lowest BCUT2D eigenvalue weighted by Crippen LogP contribution is -2.40. The summed E-state index contributed by atoms with van der Waals surface area (Å²) >= 11 is 12.5. The monoisotopic (exact) mass is 684 g/mol. The molecule has 0 amide bonds. The molecular weight excluding hydrogens is 656 g/mol. The topological polar surface area (TPSA) is 138 Å². The number of H-pyrrole nitrogens is 1. The van der Waals surface area contributed by atoms with Crippen LogP contribution in [0.3, 0.4) is 0 Å². The number of aromatic nitrogens is 2. The van der Waals surface area contributed by atoms with Crippen molar-refractivity contribution in [3.63, 3.8) is 0 Å². The van der Waals surface area contributed by atoms with E-state index in [1.165, 1.54) is 25.1 Å². The number of nitrogens with one attached hydrogen (secondary N) is 2. The number of benzene rings is 2. The van der Waals surface area contributed by atoms with Gasteiger partial charge in [-0.05, 0) is 60.7 Å². The Hall–Kier alpha value is -2.43. The Bertz CT molecular complexity index is 1890. The summed E-state index contributed by atoms with van der Waals surface area (Å²) in [4.78, 5) is 30.5. The van der Waals surface area contributed by atoms with Gasteiger partial charge in [-0.1, -0.05) is 30.1 Å². The van der Waals surface area contributed by atoms with Crippen molar-refractivity contribution in [2.75, 3.05) is 31.6 Å².